The highest BCUT2D eigenvalue weighted by atomic mass is 32.2. The number of ketones is 1. The van der Waals surface area contributed by atoms with Crippen LogP contribution in [0.2, 0.25) is 0 Å². The number of hydrogen-bond donors (Lipinski definition) is 0. The Morgan fingerprint density at radius 2 is 1.79 bits per heavy atom. The topological polar surface area (TPSA) is 57.9 Å². The number of nitrogens with zero attached hydrogens (tertiary/aromatic N) is 1. The van der Waals surface area contributed by atoms with Gasteiger partial charge in [0.25, 0.3) is 0 Å². The average molecular weight is 339 g/mol. The van der Waals surface area contributed by atoms with Gasteiger partial charge in [0.05, 0.1) is 22.3 Å². The lowest BCUT2D eigenvalue weighted by Crippen LogP contribution is -2.22. The van der Waals surface area contributed by atoms with Crippen LogP contribution in [0.5, 0.6) is 0 Å². The Labute approximate surface area is 145 Å². The van der Waals surface area contributed by atoms with Crippen molar-refractivity contribution in [3.8, 4) is 6.07 Å². The maximum Gasteiger partial charge on any atom is 0.129 e. The Morgan fingerprint density at radius 3 is 2.38 bits per heavy atom. The quantitative estimate of drug-likeness (QED) is 0.788. The molecule has 0 aliphatic rings. The van der Waals surface area contributed by atoms with Crippen LogP contribution < -0.4 is 0 Å². The summed E-state index contributed by atoms with van der Waals surface area (Å²) in [5.74, 6) is 0.0496. The molecule has 0 aromatic heterocycles. The van der Waals surface area contributed by atoms with Gasteiger partial charge in [-0.15, -0.1) is 0 Å². The number of nitriles is 1. The third-order valence-corrected chi connectivity index (χ3v) is 5.60. The van der Waals surface area contributed by atoms with E-state index in [1.165, 1.54) is 6.92 Å². The predicted octanol–water partition coefficient (Wildman–Crippen LogP) is 4.31. The third kappa shape index (κ3) is 3.98. The van der Waals surface area contributed by atoms with E-state index in [-0.39, 0.29) is 5.78 Å². The van der Waals surface area contributed by atoms with Crippen LogP contribution in [0.1, 0.15) is 37.8 Å². The summed E-state index contributed by atoms with van der Waals surface area (Å²) in [6.07, 6.45) is 0.747. The lowest BCUT2D eigenvalue weighted by Gasteiger charge is -2.24. The highest BCUT2D eigenvalue weighted by molar-refractivity contribution is 7.85. The van der Waals surface area contributed by atoms with Gasteiger partial charge < -0.3 is 4.79 Å². The molecule has 0 radical (unpaired) electrons. The number of hydrogen-bond acceptors (Lipinski definition) is 3. The van der Waals surface area contributed by atoms with Crippen molar-refractivity contribution in [2.45, 2.75) is 48.8 Å². The molecule has 2 aromatic rings. The summed E-state index contributed by atoms with van der Waals surface area (Å²) >= 11 is 0. The van der Waals surface area contributed by atoms with Crippen molar-refractivity contribution in [3.05, 3.63) is 59.7 Å². The van der Waals surface area contributed by atoms with Crippen molar-refractivity contribution in [2.75, 3.05) is 0 Å². The zero-order valence-electron chi connectivity index (χ0n) is 14.2. The molecule has 0 fully saturated rings. The number of carbonyl (C=O) groups is 1. The number of carbonyl (C=O) groups excluding carboxylic acids is 1. The molecule has 0 amide bonds. The maximum atomic E-state index is 13.0. The fraction of sp³-hybridized carbons (Fsp3) is 0.300. The first-order valence-electron chi connectivity index (χ1n) is 7.86. The van der Waals surface area contributed by atoms with E-state index in [1.807, 2.05) is 49.4 Å². The van der Waals surface area contributed by atoms with Crippen molar-refractivity contribution in [1.82, 2.24) is 0 Å². The molecule has 0 bridgehead atoms. The second-order valence-electron chi connectivity index (χ2n) is 6.22. The van der Waals surface area contributed by atoms with Crippen molar-refractivity contribution < 1.29 is 9.00 Å². The smallest absolute Gasteiger partial charge is 0.129 e. The standard InChI is InChI=1S/C20H21NO2S/c1-15-8-10-17(11-9-15)24(23)19-7-5-4-6-18(19)20(3,14-21)13-12-16(2)22/h4-11H,12-13H2,1-3H3/t20-,24-/m0/s1. The van der Waals surface area contributed by atoms with Gasteiger partial charge in [-0.2, -0.15) is 5.26 Å². The van der Waals surface area contributed by atoms with Crippen molar-refractivity contribution in [1.29, 1.82) is 5.26 Å². The van der Waals surface area contributed by atoms with Crippen LogP contribution in [0.3, 0.4) is 0 Å². The summed E-state index contributed by atoms with van der Waals surface area (Å²) in [6, 6.07) is 17.2. The van der Waals surface area contributed by atoms with Crippen molar-refractivity contribution in [3.63, 3.8) is 0 Å². The fourth-order valence-corrected chi connectivity index (χ4v) is 3.88. The van der Waals surface area contributed by atoms with Gasteiger partial charge >= 0.3 is 0 Å². The molecule has 0 saturated carbocycles. The Hall–Kier alpha value is -2.25. The fourth-order valence-electron chi connectivity index (χ4n) is 2.55. The van der Waals surface area contributed by atoms with E-state index in [0.29, 0.717) is 22.6 Å². The Kier molecular flexibility index (Phi) is 5.69. The Bertz CT molecular complexity index is 805. The molecule has 0 heterocycles. The van der Waals surface area contributed by atoms with Crippen LogP contribution >= 0.6 is 0 Å². The largest absolute Gasteiger partial charge is 0.300 e. The number of aryl methyl sites for hydroxylation is 1. The predicted molar refractivity (Wildman–Crippen MR) is 95.2 cm³/mol. The molecule has 2 atom stereocenters. The van der Waals surface area contributed by atoms with Crippen LogP contribution in [0.15, 0.2) is 58.3 Å². The molecule has 2 aromatic carbocycles. The van der Waals surface area contributed by atoms with Gasteiger partial charge in [0.2, 0.25) is 0 Å². The molecule has 0 aliphatic heterocycles. The first-order chi connectivity index (χ1) is 11.4. The van der Waals surface area contributed by atoms with Gasteiger partial charge in [-0.1, -0.05) is 35.9 Å². The lowest BCUT2D eigenvalue weighted by molar-refractivity contribution is -0.117. The van der Waals surface area contributed by atoms with E-state index in [1.54, 1.807) is 13.0 Å². The van der Waals surface area contributed by atoms with Gasteiger partial charge in [-0.3, -0.25) is 0 Å². The van der Waals surface area contributed by atoms with Crippen LogP contribution in [-0.4, -0.2) is 9.99 Å². The molecule has 124 valence electrons. The summed E-state index contributed by atoms with van der Waals surface area (Å²) in [5.41, 5.74) is 0.989. The summed E-state index contributed by atoms with van der Waals surface area (Å²) in [5, 5.41) is 9.70. The highest BCUT2D eigenvalue weighted by Gasteiger charge is 2.30. The molecular weight excluding hydrogens is 318 g/mol. The van der Waals surface area contributed by atoms with Crippen LogP contribution in [0, 0.1) is 18.3 Å². The molecule has 2 rings (SSSR count). The summed E-state index contributed by atoms with van der Waals surface area (Å²) in [7, 11) is -1.37. The normalized spacial score (nSPS) is 14.4. The van der Waals surface area contributed by atoms with E-state index in [4.69, 9.17) is 0 Å². The molecule has 0 spiro atoms. The van der Waals surface area contributed by atoms with Gasteiger partial charge in [0.15, 0.2) is 0 Å². The van der Waals surface area contributed by atoms with Gasteiger partial charge in [-0.25, -0.2) is 4.21 Å². The molecule has 3 nitrogen and oxygen atoms in total. The van der Waals surface area contributed by atoms with Crippen LogP contribution in [0.4, 0.5) is 0 Å². The number of benzene rings is 2. The Balaban J connectivity index is 2.46. The zero-order chi connectivity index (χ0) is 17.7. The Morgan fingerprint density at radius 1 is 1.17 bits per heavy atom. The molecular formula is C20H21NO2S. The number of Topliss-reactive ketones (excluding diaryl/α,β-unsaturated/α-hetero) is 1. The van der Waals surface area contributed by atoms with Gasteiger partial charge in [0.1, 0.15) is 5.78 Å². The SMILES string of the molecule is CC(=O)CC[C@@](C)(C#N)c1ccccc1[S@@](=O)c1ccc(C)cc1. The molecule has 0 N–H and O–H groups in total. The van der Waals surface area contributed by atoms with E-state index in [0.717, 1.165) is 11.1 Å². The summed E-state index contributed by atoms with van der Waals surface area (Å²) in [4.78, 5) is 12.7. The monoisotopic (exact) mass is 339 g/mol. The van der Waals surface area contributed by atoms with E-state index in [2.05, 4.69) is 6.07 Å². The van der Waals surface area contributed by atoms with Gasteiger partial charge in [-0.05, 0) is 51.0 Å². The van der Waals surface area contributed by atoms with Crippen LogP contribution in [-0.2, 0) is 21.0 Å². The minimum Gasteiger partial charge on any atom is -0.300 e. The first kappa shape index (κ1) is 18.1. The lowest BCUT2D eigenvalue weighted by atomic mass is 9.79. The zero-order valence-corrected chi connectivity index (χ0v) is 15.0. The summed E-state index contributed by atoms with van der Waals surface area (Å²) in [6.45, 7) is 5.31. The molecule has 24 heavy (non-hydrogen) atoms. The van der Waals surface area contributed by atoms with Crippen LogP contribution in [0.25, 0.3) is 0 Å². The molecule has 4 heteroatoms. The molecule has 0 unspecified atom stereocenters. The highest BCUT2D eigenvalue weighted by Crippen LogP contribution is 2.34. The van der Waals surface area contributed by atoms with Gasteiger partial charge in [0, 0.05) is 16.2 Å². The second-order valence-corrected chi connectivity index (χ2v) is 7.67. The van der Waals surface area contributed by atoms with Crippen molar-refractivity contribution in [2.24, 2.45) is 0 Å². The maximum absolute atomic E-state index is 13.0. The van der Waals surface area contributed by atoms with E-state index < -0.39 is 16.2 Å². The number of rotatable bonds is 6. The molecule has 0 aliphatic carbocycles. The minimum atomic E-state index is -1.37. The second kappa shape index (κ2) is 7.55. The van der Waals surface area contributed by atoms with Crippen molar-refractivity contribution >= 4 is 16.6 Å². The summed E-state index contributed by atoms with van der Waals surface area (Å²) < 4.78 is 13.0. The average Bonchev–Trinajstić information content (AvgIpc) is 2.59. The first-order valence-corrected chi connectivity index (χ1v) is 9.01. The third-order valence-electron chi connectivity index (χ3n) is 4.14. The van der Waals surface area contributed by atoms with E-state index >= 15 is 0 Å². The minimum absolute atomic E-state index is 0.0496. The van der Waals surface area contributed by atoms with E-state index in [9.17, 15) is 14.3 Å². The molecule has 0 saturated heterocycles.